The monoisotopic (exact) mass is 323 g/mol. The van der Waals surface area contributed by atoms with Crippen molar-refractivity contribution in [1.82, 2.24) is 5.32 Å². The predicted octanol–water partition coefficient (Wildman–Crippen LogP) is 3.35. The number of halogens is 1. The summed E-state index contributed by atoms with van der Waals surface area (Å²) < 4.78 is 5.57. The normalized spacial score (nSPS) is 24.6. The predicted molar refractivity (Wildman–Crippen MR) is 85.7 cm³/mol. The van der Waals surface area contributed by atoms with E-state index in [0.29, 0.717) is 18.7 Å². The summed E-state index contributed by atoms with van der Waals surface area (Å²) in [6.07, 6.45) is 6.21. The summed E-state index contributed by atoms with van der Waals surface area (Å²) in [7, 11) is 1.64. The van der Waals surface area contributed by atoms with Gasteiger partial charge in [-0.25, -0.2) is 0 Å². The van der Waals surface area contributed by atoms with Gasteiger partial charge in [0.25, 0.3) is 0 Å². The molecule has 0 radical (unpaired) electrons. The van der Waals surface area contributed by atoms with Crippen molar-refractivity contribution >= 4 is 17.6 Å². The lowest BCUT2D eigenvalue weighted by molar-refractivity contribution is -0.141. The molecule has 2 N–H and O–H groups in total. The molecule has 0 spiro atoms. The molecule has 4 nitrogen and oxygen atoms in total. The van der Waals surface area contributed by atoms with Gasteiger partial charge in [0.1, 0.15) is 5.75 Å². The lowest BCUT2D eigenvalue weighted by Crippen LogP contribution is -2.17. The number of aryl methyl sites for hydroxylation is 1. The van der Waals surface area contributed by atoms with Crippen molar-refractivity contribution < 1.29 is 14.6 Å². The third-order valence-corrected chi connectivity index (χ3v) is 5.28. The Balaban J connectivity index is 1.99. The van der Waals surface area contributed by atoms with Crippen LogP contribution in [0.3, 0.4) is 0 Å². The summed E-state index contributed by atoms with van der Waals surface area (Å²) in [4.78, 5) is 11.2. The Hall–Kier alpha value is -1.26. The molecule has 1 heterocycles. The largest absolute Gasteiger partial charge is 0.495 e. The van der Waals surface area contributed by atoms with Crippen LogP contribution in [0.2, 0.25) is 5.02 Å². The van der Waals surface area contributed by atoms with Crippen LogP contribution in [0.5, 0.6) is 5.75 Å². The topological polar surface area (TPSA) is 58.6 Å². The van der Waals surface area contributed by atoms with Gasteiger partial charge in [-0.3, -0.25) is 4.79 Å². The molecule has 3 rings (SSSR count). The molecule has 1 saturated heterocycles. The van der Waals surface area contributed by atoms with Crippen LogP contribution in [0.15, 0.2) is 6.07 Å². The Kier molecular flexibility index (Phi) is 4.59. The first-order chi connectivity index (χ1) is 10.6. The minimum Gasteiger partial charge on any atom is -0.495 e. The number of ether oxygens (including phenoxy) is 1. The summed E-state index contributed by atoms with van der Waals surface area (Å²) in [6, 6.07) is 2.19. The average Bonchev–Trinajstić information content (AvgIpc) is 2.87. The maximum Gasteiger partial charge on any atom is 0.307 e. The number of rotatable bonds is 3. The van der Waals surface area contributed by atoms with Crippen molar-refractivity contribution in [2.75, 3.05) is 13.7 Å². The van der Waals surface area contributed by atoms with Crippen LogP contribution in [0, 0.1) is 5.92 Å². The quantitative estimate of drug-likeness (QED) is 0.837. The molecule has 2 aliphatic rings. The van der Waals surface area contributed by atoms with E-state index < -0.39 is 5.97 Å². The molecule has 1 aliphatic carbocycles. The molecule has 0 bridgehead atoms. The lowest BCUT2D eigenvalue weighted by atomic mass is 9.93. The van der Waals surface area contributed by atoms with Crippen LogP contribution in [-0.2, 0) is 17.6 Å². The molecule has 0 saturated carbocycles. The molecule has 1 aromatic rings. The van der Waals surface area contributed by atoms with Crippen molar-refractivity contribution in [2.45, 2.75) is 44.6 Å². The third kappa shape index (κ3) is 2.82. The molecule has 1 aromatic carbocycles. The summed E-state index contributed by atoms with van der Waals surface area (Å²) in [5.41, 5.74) is 3.53. The van der Waals surface area contributed by atoms with Crippen LogP contribution < -0.4 is 10.1 Å². The molecule has 5 heteroatoms. The van der Waals surface area contributed by atoms with Gasteiger partial charge in [-0.15, -0.1) is 0 Å². The lowest BCUT2D eigenvalue weighted by Gasteiger charge is -2.20. The molecule has 0 aromatic heterocycles. The van der Waals surface area contributed by atoms with E-state index in [1.165, 1.54) is 24.0 Å². The Morgan fingerprint density at radius 3 is 2.82 bits per heavy atom. The van der Waals surface area contributed by atoms with Crippen LogP contribution >= 0.6 is 11.6 Å². The molecule has 22 heavy (non-hydrogen) atoms. The molecule has 2 atom stereocenters. The highest BCUT2D eigenvalue weighted by Gasteiger charge is 2.33. The number of fused-ring (bicyclic) bond motifs is 1. The van der Waals surface area contributed by atoms with Gasteiger partial charge in [-0.1, -0.05) is 24.1 Å². The van der Waals surface area contributed by atoms with Gasteiger partial charge < -0.3 is 15.2 Å². The number of benzene rings is 1. The number of carboxylic acid groups (broad SMARTS) is 1. The number of aliphatic carboxylic acids is 1. The van der Waals surface area contributed by atoms with Crippen LogP contribution in [-0.4, -0.2) is 24.7 Å². The van der Waals surface area contributed by atoms with Crippen LogP contribution in [0.1, 0.15) is 48.4 Å². The Morgan fingerprint density at radius 1 is 1.36 bits per heavy atom. The second-order valence-electron chi connectivity index (χ2n) is 6.24. The Labute approximate surface area is 135 Å². The molecule has 1 fully saturated rings. The fourth-order valence-corrected chi connectivity index (χ4v) is 4.06. The van der Waals surface area contributed by atoms with Crippen molar-refractivity contribution in [3.8, 4) is 5.75 Å². The fraction of sp³-hybridized carbons (Fsp3) is 0.588. The molecule has 2 unspecified atom stereocenters. The molecule has 1 aliphatic heterocycles. The second-order valence-corrected chi connectivity index (χ2v) is 6.62. The summed E-state index contributed by atoms with van der Waals surface area (Å²) in [6.45, 7) is 0.498. The first-order valence-corrected chi connectivity index (χ1v) is 8.34. The highest BCUT2D eigenvalue weighted by Crippen LogP contribution is 2.42. The van der Waals surface area contributed by atoms with E-state index in [-0.39, 0.29) is 12.0 Å². The maximum absolute atomic E-state index is 11.2. The number of methoxy groups -OCH3 is 1. The zero-order valence-corrected chi connectivity index (χ0v) is 13.6. The van der Waals surface area contributed by atoms with Gasteiger partial charge in [0.2, 0.25) is 0 Å². The summed E-state index contributed by atoms with van der Waals surface area (Å²) in [5, 5.41) is 13.2. The number of carboxylic acids is 1. The zero-order valence-electron chi connectivity index (χ0n) is 12.8. The van der Waals surface area contributed by atoms with E-state index in [1.807, 2.05) is 0 Å². The first kappa shape index (κ1) is 15.6. The molecular formula is C17H22ClNO3. The maximum atomic E-state index is 11.2. The van der Waals surface area contributed by atoms with Crippen LogP contribution in [0.4, 0.5) is 0 Å². The van der Waals surface area contributed by atoms with E-state index >= 15 is 0 Å². The van der Waals surface area contributed by atoms with Gasteiger partial charge in [-0.05, 0) is 43.2 Å². The van der Waals surface area contributed by atoms with Crippen molar-refractivity contribution in [2.24, 2.45) is 5.92 Å². The summed E-state index contributed by atoms with van der Waals surface area (Å²) in [5.74, 6) is -0.368. The number of hydrogen-bond acceptors (Lipinski definition) is 3. The van der Waals surface area contributed by atoms with Gasteiger partial charge in [0.05, 0.1) is 18.1 Å². The van der Waals surface area contributed by atoms with Gasteiger partial charge in [-0.2, -0.15) is 0 Å². The first-order valence-electron chi connectivity index (χ1n) is 7.96. The van der Waals surface area contributed by atoms with Crippen molar-refractivity contribution in [3.63, 3.8) is 0 Å². The second kappa shape index (κ2) is 6.47. The van der Waals surface area contributed by atoms with Gasteiger partial charge in [0.15, 0.2) is 0 Å². The molecule has 120 valence electrons. The average molecular weight is 324 g/mol. The smallest absolute Gasteiger partial charge is 0.307 e. The van der Waals surface area contributed by atoms with E-state index in [1.54, 1.807) is 7.11 Å². The fourth-order valence-electron chi connectivity index (χ4n) is 3.66. The SMILES string of the molecule is COc1c(C2CC(C(=O)O)CN2)cc2c(c1Cl)CCCCC2. The van der Waals surface area contributed by atoms with Crippen molar-refractivity contribution in [1.29, 1.82) is 0 Å². The third-order valence-electron chi connectivity index (χ3n) is 4.88. The molecule has 0 amide bonds. The highest BCUT2D eigenvalue weighted by molar-refractivity contribution is 6.33. The van der Waals surface area contributed by atoms with E-state index in [0.717, 1.165) is 29.8 Å². The Morgan fingerprint density at radius 2 is 2.14 bits per heavy atom. The minimum atomic E-state index is -0.741. The zero-order chi connectivity index (χ0) is 15.7. The van der Waals surface area contributed by atoms with E-state index in [4.69, 9.17) is 16.3 Å². The van der Waals surface area contributed by atoms with Crippen molar-refractivity contribution in [3.05, 3.63) is 27.8 Å². The molecular weight excluding hydrogens is 302 g/mol. The van der Waals surface area contributed by atoms with Gasteiger partial charge in [0, 0.05) is 18.2 Å². The Bertz CT molecular complexity index is 588. The van der Waals surface area contributed by atoms with E-state index in [9.17, 15) is 9.90 Å². The number of hydrogen-bond donors (Lipinski definition) is 2. The number of nitrogens with one attached hydrogen (secondary N) is 1. The van der Waals surface area contributed by atoms with Gasteiger partial charge >= 0.3 is 5.97 Å². The summed E-state index contributed by atoms with van der Waals surface area (Å²) >= 11 is 6.61. The number of carbonyl (C=O) groups is 1. The minimum absolute atomic E-state index is 0.00195. The van der Waals surface area contributed by atoms with Crippen LogP contribution in [0.25, 0.3) is 0 Å². The highest BCUT2D eigenvalue weighted by atomic mass is 35.5. The van der Waals surface area contributed by atoms with E-state index in [2.05, 4.69) is 11.4 Å². The standard InChI is InChI=1S/C17H22ClNO3/c1-22-16-13(14-8-11(9-19-14)17(20)21)7-10-5-3-2-4-6-12(10)15(16)18/h7,11,14,19H,2-6,8-9H2,1H3,(H,20,21).